The minimum atomic E-state index is -4.74. The maximum Gasteiger partial charge on any atom is 0.418 e. The molecule has 14 heteroatoms. The van der Waals surface area contributed by atoms with Gasteiger partial charge in [0, 0.05) is 18.6 Å². The number of hydrazine groups is 1. The van der Waals surface area contributed by atoms with Crippen molar-refractivity contribution in [2.45, 2.75) is 12.4 Å². The molecule has 31 heavy (non-hydrogen) atoms. The Hall–Kier alpha value is -2.99. The van der Waals surface area contributed by atoms with Crippen LogP contribution in [-0.4, -0.2) is 20.4 Å². The lowest BCUT2D eigenvalue weighted by atomic mass is 10.2. The fourth-order valence-corrected chi connectivity index (χ4v) is 2.96. The Morgan fingerprint density at radius 1 is 1.03 bits per heavy atom. The number of amides is 1. The number of pyridine rings is 2. The Bertz CT molecular complexity index is 1130. The molecule has 3 aromatic rings. The molecule has 0 aliphatic carbocycles. The van der Waals surface area contributed by atoms with Gasteiger partial charge in [-0.1, -0.05) is 23.2 Å². The fraction of sp³-hybridized carbons (Fsp3) is 0.118. The van der Waals surface area contributed by atoms with Gasteiger partial charge in [-0.2, -0.15) is 26.3 Å². The molecule has 3 rings (SSSR count). The van der Waals surface area contributed by atoms with E-state index < -0.39 is 39.4 Å². The molecule has 0 bridgehead atoms. The minimum absolute atomic E-state index is 0.177. The van der Waals surface area contributed by atoms with Gasteiger partial charge in [-0.3, -0.25) is 20.2 Å². The summed E-state index contributed by atoms with van der Waals surface area (Å²) in [6, 6.07) is 3.92. The first-order valence-electron chi connectivity index (χ1n) is 8.08. The number of nitrogens with zero attached hydrogens (tertiary/aromatic N) is 3. The van der Waals surface area contributed by atoms with Crippen LogP contribution in [0.2, 0.25) is 10.0 Å². The van der Waals surface area contributed by atoms with Gasteiger partial charge in [-0.05, 0) is 24.3 Å². The van der Waals surface area contributed by atoms with Crippen molar-refractivity contribution in [1.82, 2.24) is 20.0 Å². The van der Waals surface area contributed by atoms with Gasteiger partial charge in [0.05, 0.1) is 21.2 Å². The number of hydrogen-bond acceptors (Lipinski definition) is 4. The van der Waals surface area contributed by atoms with Crippen molar-refractivity contribution in [3.63, 3.8) is 0 Å². The fourth-order valence-electron chi connectivity index (χ4n) is 2.44. The molecule has 0 unspecified atom stereocenters. The second-order valence-electron chi connectivity index (χ2n) is 5.89. The predicted octanol–water partition coefficient (Wildman–Crippen LogP) is 5.37. The van der Waals surface area contributed by atoms with Crippen molar-refractivity contribution >= 4 is 34.9 Å². The molecule has 0 aromatic carbocycles. The number of carbonyl (C=O) groups excluding carboxylic acids is 1. The lowest BCUT2D eigenvalue weighted by molar-refractivity contribution is -0.138. The third-order valence-corrected chi connectivity index (χ3v) is 4.51. The van der Waals surface area contributed by atoms with Crippen molar-refractivity contribution in [3.8, 4) is 5.82 Å². The summed E-state index contributed by atoms with van der Waals surface area (Å²) in [6.45, 7) is 0. The molecule has 0 aliphatic rings. The van der Waals surface area contributed by atoms with Crippen LogP contribution in [0.25, 0.3) is 5.82 Å². The third kappa shape index (κ3) is 4.85. The van der Waals surface area contributed by atoms with E-state index in [0.717, 1.165) is 10.8 Å². The normalized spacial score (nSPS) is 12.0. The van der Waals surface area contributed by atoms with E-state index in [-0.39, 0.29) is 17.3 Å². The maximum atomic E-state index is 13.1. The topological polar surface area (TPSA) is 71.8 Å². The van der Waals surface area contributed by atoms with Gasteiger partial charge in [-0.15, -0.1) is 0 Å². The molecule has 3 heterocycles. The largest absolute Gasteiger partial charge is 0.418 e. The summed E-state index contributed by atoms with van der Waals surface area (Å²) in [5, 5.41) is -1.14. The van der Waals surface area contributed by atoms with E-state index in [1.165, 1.54) is 18.3 Å². The molecule has 0 aliphatic heterocycles. The van der Waals surface area contributed by atoms with Gasteiger partial charge in [0.1, 0.15) is 5.69 Å². The SMILES string of the molecule is O=C(NNc1ncc(C(F)(F)F)cc1Cl)c1cccn1-c1nccc(C(F)(F)F)c1Cl. The highest BCUT2D eigenvalue weighted by atomic mass is 35.5. The van der Waals surface area contributed by atoms with Gasteiger partial charge in [-0.25, -0.2) is 9.97 Å². The van der Waals surface area contributed by atoms with Gasteiger partial charge in [0.25, 0.3) is 5.91 Å². The third-order valence-electron chi connectivity index (χ3n) is 3.85. The first kappa shape index (κ1) is 22.7. The van der Waals surface area contributed by atoms with Gasteiger partial charge >= 0.3 is 12.4 Å². The van der Waals surface area contributed by atoms with E-state index in [0.29, 0.717) is 18.3 Å². The maximum absolute atomic E-state index is 13.1. The molecule has 0 fully saturated rings. The van der Waals surface area contributed by atoms with Crippen LogP contribution < -0.4 is 10.9 Å². The van der Waals surface area contributed by atoms with Crippen molar-refractivity contribution < 1.29 is 31.1 Å². The molecule has 6 nitrogen and oxygen atoms in total. The lowest BCUT2D eigenvalue weighted by Crippen LogP contribution is -2.31. The molecule has 0 saturated heterocycles. The molecule has 0 radical (unpaired) electrons. The number of carbonyl (C=O) groups is 1. The molecule has 164 valence electrons. The summed E-state index contributed by atoms with van der Waals surface area (Å²) >= 11 is 11.6. The summed E-state index contributed by atoms with van der Waals surface area (Å²) in [4.78, 5) is 19.7. The molecule has 1 amide bonds. The number of halogens is 8. The number of hydrogen-bond donors (Lipinski definition) is 2. The Kier molecular flexibility index (Phi) is 6.05. The number of anilines is 1. The Morgan fingerprint density at radius 3 is 2.35 bits per heavy atom. The monoisotopic (exact) mass is 483 g/mol. The summed E-state index contributed by atoms with van der Waals surface area (Å²) < 4.78 is 78.2. The molecular formula is C17H9Cl2F6N5O. The van der Waals surface area contributed by atoms with Crippen molar-refractivity contribution in [2.24, 2.45) is 0 Å². The molecule has 0 spiro atoms. The summed E-state index contributed by atoms with van der Waals surface area (Å²) in [7, 11) is 0. The van der Waals surface area contributed by atoms with Crippen LogP contribution in [0.4, 0.5) is 32.2 Å². The Balaban J connectivity index is 1.83. The van der Waals surface area contributed by atoms with Crippen LogP contribution >= 0.6 is 23.2 Å². The highest BCUT2D eigenvalue weighted by molar-refractivity contribution is 6.33. The van der Waals surface area contributed by atoms with Crippen LogP contribution in [0.1, 0.15) is 21.6 Å². The highest BCUT2D eigenvalue weighted by Gasteiger charge is 2.35. The molecule has 3 aromatic heterocycles. The number of alkyl halides is 6. The molecule has 0 saturated carbocycles. The van der Waals surface area contributed by atoms with Crippen molar-refractivity contribution in [1.29, 1.82) is 0 Å². The van der Waals surface area contributed by atoms with E-state index in [1.54, 1.807) is 0 Å². The second-order valence-corrected chi connectivity index (χ2v) is 6.67. The lowest BCUT2D eigenvalue weighted by Gasteiger charge is -2.15. The van der Waals surface area contributed by atoms with E-state index in [4.69, 9.17) is 23.2 Å². The Labute approximate surface area is 179 Å². The van der Waals surface area contributed by atoms with E-state index in [2.05, 4.69) is 20.8 Å². The van der Waals surface area contributed by atoms with Crippen LogP contribution in [0.5, 0.6) is 0 Å². The summed E-state index contributed by atoms with van der Waals surface area (Å²) in [5.74, 6) is -1.51. The van der Waals surface area contributed by atoms with Crippen LogP contribution in [0.3, 0.4) is 0 Å². The van der Waals surface area contributed by atoms with Gasteiger partial charge in [0.2, 0.25) is 0 Å². The average Bonchev–Trinajstić information content (AvgIpc) is 3.15. The second kappa shape index (κ2) is 8.27. The number of nitrogens with one attached hydrogen (secondary N) is 2. The first-order chi connectivity index (χ1) is 14.4. The smallest absolute Gasteiger partial charge is 0.295 e. The zero-order valence-electron chi connectivity index (χ0n) is 14.8. The Morgan fingerprint density at radius 2 is 1.74 bits per heavy atom. The van der Waals surface area contributed by atoms with E-state index in [1.807, 2.05) is 0 Å². The van der Waals surface area contributed by atoms with Crippen molar-refractivity contribution in [3.05, 3.63) is 69.7 Å². The molecular weight excluding hydrogens is 475 g/mol. The quantitative estimate of drug-likeness (QED) is 0.386. The van der Waals surface area contributed by atoms with Crippen LogP contribution in [0.15, 0.2) is 42.9 Å². The van der Waals surface area contributed by atoms with E-state index >= 15 is 0 Å². The average molecular weight is 484 g/mol. The summed E-state index contributed by atoms with van der Waals surface area (Å²) in [5.41, 5.74) is 1.99. The van der Waals surface area contributed by atoms with Crippen LogP contribution in [-0.2, 0) is 12.4 Å². The summed E-state index contributed by atoms with van der Waals surface area (Å²) in [6.07, 6.45) is -6.74. The number of aromatic nitrogens is 3. The van der Waals surface area contributed by atoms with Gasteiger partial charge < -0.3 is 0 Å². The zero-order valence-corrected chi connectivity index (χ0v) is 16.3. The predicted molar refractivity (Wildman–Crippen MR) is 98.9 cm³/mol. The molecule has 2 N–H and O–H groups in total. The van der Waals surface area contributed by atoms with Crippen molar-refractivity contribution in [2.75, 3.05) is 5.43 Å². The van der Waals surface area contributed by atoms with Gasteiger partial charge in [0.15, 0.2) is 11.6 Å². The standard InChI is InChI=1S/C17H9Cl2F6N5O/c18-10-6-8(16(20,21)22)7-27-13(10)28-29-15(31)11-2-1-5-30(11)14-12(19)9(3-4-26-14)17(23,24)25/h1-7H,(H,27,28)(H,29,31). The zero-order chi connectivity index (χ0) is 23.0. The van der Waals surface area contributed by atoms with E-state index in [9.17, 15) is 31.1 Å². The highest BCUT2D eigenvalue weighted by Crippen LogP contribution is 2.37. The van der Waals surface area contributed by atoms with Crippen LogP contribution in [0, 0.1) is 0 Å². The first-order valence-corrected chi connectivity index (χ1v) is 8.83. The minimum Gasteiger partial charge on any atom is -0.295 e. The molecule has 0 atom stereocenters. The number of rotatable bonds is 4.